The molecule has 206 valence electrons. The van der Waals surface area contributed by atoms with Crippen molar-refractivity contribution in [2.24, 2.45) is 0 Å². The van der Waals surface area contributed by atoms with Crippen LogP contribution in [0.2, 0.25) is 0 Å². The molecule has 0 N–H and O–H groups in total. The van der Waals surface area contributed by atoms with Crippen LogP contribution >= 0.6 is 0 Å². The van der Waals surface area contributed by atoms with E-state index in [1.807, 2.05) is 0 Å². The van der Waals surface area contributed by atoms with Crippen LogP contribution < -0.4 is 5.46 Å². The maximum absolute atomic E-state index is 6.49. The van der Waals surface area contributed by atoms with E-state index < -0.39 is 0 Å². The molecule has 0 radical (unpaired) electrons. The summed E-state index contributed by atoms with van der Waals surface area (Å²) in [6.45, 7) is 19.9. The van der Waals surface area contributed by atoms with Crippen LogP contribution in [0.4, 0.5) is 0 Å². The van der Waals surface area contributed by atoms with Crippen LogP contribution in [0.15, 0.2) is 116 Å². The molecule has 3 heteroatoms. The number of fused-ring (bicyclic) bond motifs is 9. The normalized spacial score (nSPS) is 19.2. The number of allylic oxidation sites excluding steroid dienone is 2. The standard InChI is InChI=1S/C34H33BO2.C4H6/c1-31(2)27-17-11-12-18-28(27)34(25-15-9-7-13-23(25)24-14-8-10-16-26(24)34)29-20-19-22(21-30(29)31)35-36-32(3,4)33(5,6)37-35;1-3-4-2/h7-21H,1-6H3;3-4H,1-2H2. The quantitative estimate of drug-likeness (QED) is 0.166. The van der Waals surface area contributed by atoms with Gasteiger partial charge in [-0.1, -0.05) is 130 Å². The Morgan fingerprint density at radius 1 is 0.537 bits per heavy atom. The molecule has 2 aliphatic carbocycles. The molecule has 1 fully saturated rings. The second-order valence-corrected chi connectivity index (χ2v) is 12.9. The van der Waals surface area contributed by atoms with Gasteiger partial charge in [0.2, 0.25) is 0 Å². The van der Waals surface area contributed by atoms with E-state index in [0.29, 0.717) is 0 Å². The predicted octanol–water partition coefficient (Wildman–Crippen LogP) is 8.35. The average Bonchev–Trinajstić information content (AvgIpc) is 3.39. The van der Waals surface area contributed by atoms with Crippen LogP contribution in [-0.2, 0) is 20.1 Å². The van der Waals surface area contributed by atoms with Gasteiger partial charge in [0.25, 0.3) is 0 Å². The smallest absolute Gasteiger partial charge is 0.399 e. The molecule has 0 bridgehead atoms. The van der Waals surface area contributed by atoms with E-state index in [2.05, 4.69) is 146 Å². The summed E-state index contributed by atoms with van der Waals surface area (Å²) in [6.07, 6.45) is 3.28. The van der Waals surface area contributed by atoms with Gasteiger partial charge in [-0.2, -0.15) is 0 Å². The zero-order valence-electron chi connectivity index (χ0n) is 25.1. The average molecular weight is 539 g/mol. The van der Waals surface area contributed by atoms with Crippen molar-refractivity contribution in [1.29, 1.82) is 0 Å². The third-order valence-corrected chi connectivity index (χ3v) is 9.77. The van der Waals surface area contributed by atoms with E-state index in [0.717, 1.165) is 5.46 Å². The van der Waals surface area contributed by atoms with Crippen molar-refractivity contribution in [3.8, 4) is 11.1 Å². The van der Waals surface area contributed by atoms with Crippen LogP contribution in [0, 0.1) is 0 Å². The molecule has 1 spiro atoms. The number of rotatable bonds is 2. The lowest BCUT2D eigenvalue weighted by molar-refractivity contribution is 0.00578. The highest BCUT2D eigenvalue weighted by Crippen LogP contribution is 2.61. The van der Waals surface area contributed by atoms with Crippen LogP contribution in [-0.4, -0.2) is 18.3 Å². The minimum absolute atomic E-state index is 0.177. The van der Waals surface area contributed by atoms with Crippen molar-refractivity contribution in [3.05, 3.63) is 150 Å². The van der Waals surface area contributed by atoms with Crippen LogP contribution in [0.5, 0.6) is 0 Å². The first-order valence-electron chi connectivity index (χ1n) is 14.5. The van der Waals surface area contributed by atoms with Gasteiger partial charge in [-0.25, -0.2) is 0 Å². The van der Waals surface area contributed by atoms with Gasteiger partial charge in [-0.05, 0) is 77.7 Å². The maximum Gasteiger partial charge on any atom is 0.494 e. The Hall–Kier alpha value is -3.66. The molecule has 3 aliphatic rings. The largest absolute Gasteiger partial charge is 0.494 e. The molecule has 0 amide bonds. The Bertz CT molecular complexity index is 1610. The monoisotopic (exact) mass is 538 g/mol. The first-order chi connectivity index (χ1) is 19.5. The molecule has 7 rings (SSSR count). The first-order valence-corrected chi connectivity index (χ1v) is 14.5. The van der Waals surface area contributed by atoms with Gasteiger partial charge in [0, 0.05) is 5.41 Å². The van der Waals surface area contributed by atoms with Gasteiger partial charge in [0.05, 0.1) is 16.6 Å². The Morgan fingerprint density at radius 2 is 0.976 bits per heavy atom. The summed E-state index contributed by atoms with van der Waals surface area (Å²) in [5, 5.41) is 0. The summed E-state index contributed by atoms with van der Waals surface area (Å²) in [4.78, 5) is 0. The van der Waals surface area contributed by atoms with Crippen molar-refractivity contribution in [2.45, 2.75) is 63.6 Å². The highest BCUT2D eigenvalue weighted by molar-refractivity contribution is 6.62. The zero-order chi connectivity index (χ0) is 29.2. The lowest BCUT2D eigenvalue weighted by Crippen LogP contribution is -2.43. The molecular formula is C38H39BO2. The number of benzene rings is 4. The van der Waals surface area contributed by atoms with Gasteiger partial charge in [0.1, 0.15) is 0 Å². The highest BCUT2D eigenvalue weighted by atomic mass is 16.7. The minimum Gasteiger partial charge on any atom is -0.399 e. The fourth-order valence-corrected chi connectivity index (χ4v) is 6.99. The van der Waals surface area contributed by atoms with Crippen LogP contribution in [0.3, 0.4) is 0 Å². The minimum atomic E-state index is -0.387. The zero-order valence-corrected chi connectivity index (χ0v) is 25.1. The Labute approximate surface area is 245 Å². The van der Waals surface area contributed by atoms with E-state index in [-0.39, 0.29) is 29.2 Å². The molecule has 1 saturated heterocycles. The number of hydrogen-bond acceptors (Lipinski definition) is 2. The Kier molecular flexibility index (Phi) is 6.34. The Balaban J connectivity index is 0.000000712. The molecule has 1 heterocycles. The second kappa shape index (κ2) is 9.44. The van der Waals surface area contributed by atoms with Crippen molar-refractivity contribution in [2.75, 3.05) is 0 Å². The van der Waals surface area contributed by atoms with Crippen molar-refractivity contribution >= 4 is 12.6 Å². The van der Waals surface area contributed by atoms with Gasteiger partial charge < -0.3 is 9.31 Å². The Morgan fingerprint density at radius 3 is 1.49 bits per heavy atom. The molecule has 1 aliphatic heterocycles. The van der Waals surface area contributed by atoms with E-state index in [4.69, 9.17) is 9.31 Å². The molecule has 0 aromatic heterocycles. The van der Waals surface area contributed by atoms with Gasteiger partial charge >= 0.3 is 7.12 Å². The van der Waals surface area contributed by atoms with E-state index in [1.54, 1.807) is 12.2 Å². The third-order valence-electron chi connectivity index (χ3n) is 9.77. The molecular weight excluding hydrogens is 499 g/mol. The predicted molar refractivity (Wildman–Crippen MR) is 172 cm³/mol. The van der Waals surface area contributed by atoms with Crippen molar-refractivity contribution in [3.63, 3.8) is 0 Å². The molecule has 0 unspecified atom stereocenters. The maximum atomic E-state index is 6.49. The van der Waals surface area contributed by atoms with Crippen LogP contribution in [0.25, 0.3) is 11.1 Å². The van der Waals surface area contributed by atoms with E-state index in [1.165, 1.54) is 44.5 Å². The molecule has 4 aromatic carbocycles. The van der Waals surface area contributed by atoms with Gasteiger partial charge in [-0.15, -0.1) is 0 Å². The highest BCUT2D eigenvalue weighted by Gasteiger charge is 2.55. The molecule has 41 heavy (non-hydrogen) atoms. The second-order valence-electron chi connectivity index (χ2n) is 12.9. The molecule has 0 atom stereocenters. The SMILES string of the molecule is C=CC=C.CC1(C)c2ccccc2C2(c3ccccc3-c3ccccc32)c2ccc(B3OC(C)(C)C(C)(C)O3)cc21. The summed E-state index contributed by atoms with van der Waals surface area (Å²) in [5.41, 5.74) is 10.6. The lowest BCUT2D eigenvalue weighted by atomic mass is 9.55. The summed E-state index contributed by atoms with van der Waals surface area (Å²) in [5.74, 6) is 0. The van der Waals surface area contributed by atoms with E-state index in [9.17, 15) is 0 Å². The summed E-state index contributed by atoms with van der Waals surface area (Å²) in [7, 11) is -0.387. The summed E-state index contributed by atoms with van der Waals surface area (Å²) < 4.78 is 13.0. The number of hydrogen-bond donors (Lipinski definition) is 0. The molecule has 2 nitrogen and oxygen atoms in total. The van der Waals surface area contributed by atoms with Gasteiger partial charge in [0.15, 0.2) is 0 Å². The lowest BCUT2D eigenvalue weighted by Gasteiger charge is -2.47. The topological polar surface area (TPSA) is 18.5 Å². The third kappa shape index (κ3) is 3.79. The van der Waals surface area contributed by atoms with Crippen molar-refractivity contribution in [1.82, 2.24) is 0 Å². The van der Waals surface area contributed by atoms with Gasteiger partial charge in [-0.3, -0.25) is 0 Å². The summed E-state index contributed by atoms with van der Waals surface area (Å²) >= 11 is 0. The molecule has 0 saturated carbocycles. The fraction of sp³-hybridized carbons (Fsp3) is 0.263. The van der Waals surface area contributed by atoms with Crippen LogP contribution in [0.1, 0.15) is 74.9 Å². The van der Waals surface area contributed by atoms with E-state index >= 15 is 0 Å². The summed E-state index contributed by atoms with van der Waals surface area (Å²) in [6, 6.07) is 33.9. The fourth-order valence-electron chi connectivity index (χ4n) is 6.99. The van der Waals surface area contributed by atoms with Crippen molar-refractivity contribution < 1.29 is 9.31 Å². The molecule has 4 aromatic rings. The first kappa shape index (κ1) is 27.5.